The highest BCUT2D eigenvalue weighted by atomic mass is 16.6. The Bertz CT molecular complexity index is 1530. The van der Waals surface area contributed by atoms with Crippen LogP contribution in [0.5, 0.6) is 0 Å². The quantitative estimate of drug-likeness (QED) is 0.256. The number of allylic oxidation sites excluding steroid dienone is 1. The molecule has 37 heavy (non-hydrogen) atoms. The van der Waals surface area contributed by atoms with Crippen LogP contribution in [0.15, 0.2) is 102 Å². The van der Waals surface area contributed by atoms with Gasteiger partial charge in [-0.05, 0) is 37.3 Å². The second kappa shape index (κ2) is 9.78. The van der Waals surface area contributed by atoms with Crippen LogP contribution < -0.4 is 16.0 Å². The Labute approximate surface area is 211 Å². The number of benzene rings is 3. The van der Waals surface area contributed by atoms with Crippen molar-refractivity contribution in [3.63, 3.8) is 0 Å². The number of anilines is 3. The number of rotatable bonds is 6. The number of para-hydroxylation sites is 3. The first-order valence-electron chi connectivity index (χ1n) is 11.5. The van der Waals surface area contributed by atoms with Gasteiger partial charge in [-0.15, -0.1) is 0 Å². The predicted octanol–water partition coefficient (Wildman–Crippen LogP) is 4.97. The summed E-state index contributed by atoms with van der Waals surface area (Å²) in [5.41, 5.74) is 2.20. The maximum Gasteiger partial charge on any atom is 0.275 e. The summed E-state index contributed by atoms with van der Waals surface area (Å²) in [5, 5.41) is 25.1. The molecule has 3 N–H and O–H groups in total. The van der Waals surface area contributed by atoms with E-state index < -0.39 is 22.8 Å². The molecule has 3 aromatic carbocycles. The van der Waals surface area contributed by atoms with Crippen molar-refractivity contribution in [2.24, 2.45) is 0 Å². The van der Waals surface area contributed by atoms with Gasteiger partial charge in [0.15, 0.2) is 0 Å². The van der Waals surface area contributed by atoms with Gasteiger partial charge in [0, 0.05) is 23.1 Å². The van der Waals surface area contributed by atoms with Crippen molar-refractivity contribution >= 4 is 34.7 Å². The molecular weight excluding hydrogens is 472 g/mol. The minimum atomic E-state index is -0.958. The van der Waals surface area contributed by atoms with Crippen LogP contribution in [-0.2, 0) is 4.79 Å². The van der Waals surface area contributed by atoms with Crippen molar-refractivity contribution in [1.29, 1.82) is 0 Å². The summed E-state index contributed by atoms with van der Waals surface area (Å²) in [6.07, 6.45) is 1.38. The largest absolute Gasteiger partial charge is 0.343 e. The summed E-state index contributed by atoms with van der Waals surface area (Å²) in [7, 11) is 0. The molecule has 1 aliphatic heterocycles. The number of fused-ring (bicyclic) bond motifs is 1. The molecule has 0 saturated heterocycles. The zero-order valence-electron chi connectivity index (χ0n) is 19.7. The van der Waals surface area contributed by atoms with Crippen LogP contribution in [-0.4, -0.2) is 26.5 Å². The summed E-state index contributed by atoms with van der Waals surface area (Å²) >= 11 is 0. The van der Waals surface area contributed by atoms with E-state index in [1.807, 2.05) is 12.1 Å². The van der Waals surface area contributed by atoms with Crippen LogP contribution in [0.2, 0.25) is 0 Å². The third-order valence-corrected chi connectivity index (χ3v) is 6.00. The lowest BCUT2D eigenvalue weighted by Gasteiger charge is -2.30. The SMILES string of the molecule is CC1=C(C(=O)Nc2ccccc2)[C@H](c2ccccc2[N+](=O)[O-])n2ncc(C(=O)Nc3ccccc3)c2N1. The minimum Gasteiger partial charge on any atom is -0.343 e. The average Bonchev–Trinajstić information content (AvgIpc) is 3.32. The van der Waals surface area contributed by atoms with Crippen molar-refractivity contribution in [1.82, 2.24) is 9.78 Å². The molecule has 10 nitrogen and oxygen atoms in total. The van der Waals surface area contributed by atoms with E-state index in [0.717, 1.165) is 0 Å². The van der Waals surface area contributed by atoms with Crippen LogP contribution in [0.4, 0.5) is 22.9 Å². The van der Waals surface area contributed by atoms with Crippen molar-refractivity contribution in [3.8, 4) is 0 Å². The van der Waals surface area contributed by atoms with Gasteiger partial charge >= 0.3 is 0 Å². The minimum absolute atomic E-state index is 0.163. The fourth-order valence-electron chi connectivity index (χ4n) is 4.33. The van der Waals surface area contributed by atoms with Crippen LogP contribution in [0, 0.1) is 10.1 Å². The Morgan fingerprint density at radius 2 is 1.46 bits per heavy atom. The van der Waals surface area contributed by atoms with E-state index in [1.54, 1.807) is 73.7 Å². The predicted molar refractivity (Wildman–Crippen MR) is 139 cm³/mol. The molecule has 0 saturated carbocycles. The summed E-state index contributed by atoms with van der Waals surface area (Å²) in [4.78, 5) is 38.1. The van der Waals surface area contributed by atoms with Gasteiger partial charge in [0.05, 0.1) is 22.3 Å². The third-order valence-electron chi connectivity index (χ3n) is 6.00. The molecule has 184 valence electrons. The summed E-state index contributed by atoms with van der Waals surface area (Å²) in [6, 6.07) is 23.1. The standard InChI is InChI=1S/C27H22N6O4/c1-17-23(27(35)31-19-12-6-3-7-13-19)24(20-14-8-9-15-22(20)33(36)37)32-25(29-17)21(16-28-32)26(34)30-18-10-4-2-5-11-18/h2-16,24,29H,1H3,(H,30,34)(H,31,35)/t24-/m0/s1. The molecule has 0 fully saturated rings. The molecule has 0 spiro atoms. The van der Waals surface area contributed by atoms with Crippen LogP contribution in [0.1, 0.15) is 28.9 Å². The van der Waals surface area contributed by atoms with Gasteiger partial charge in [-0.2, -0.15) is 5.10 Å². The number of amides is 2. The number of nitro benzene ring substituents is 1. The first kappa shape index (κ1) is 23.5. The van der Waals surface area contributed by atoms with Crippen LogP contribution in [0.3, 0.4) is 0 Å². The number of nitrogens with zero attached hydrogens (tertiary/aromatic N) is 3. The number of carbonyl (C=O) groups is 2. The Morgan fingerprint density at radius 1 is 0.892 bits per heavy atom. The van der Waals surface area contributed by atoms with E-state index in [1.165, 1.54) is 16.9 Å². The van der Waals surface area contributed by atoms with Gasteiger partial charge in [0.1, 0.15) is 17.4 Å². The number of nitrogens with one attached hydrogen (secondary N) is 3. The average molecular weight is 495 g/mol. The molecule has 2 amide bonds. The summed E-state index contributed by atoms with van der Waals surface area (Å²) < 4.78 is 1.44. The van der Waals surface area contributed by atoms with Gasteiger partial charge in [-0.1, -0.05) is 48.5 Å². The smallest absolute Gasteiger partial charge is 0.275 e. The van der Waals surface area contributed by atoms with Crippen molar-refractivity contribution in [2.45, 2.75) is 13.0 Å². The fraction of sp³-hybridized carbons (Fsp3) is 0.0741. The molecule has 0 aliphatic carbocycles. The molecule has 4 aromatic rings. The van der Waals surface area contributed by atoms with E-state index in [9.17, 15) is 19.7 Å². The van der Waals surface area contributed by atoms with Crippen molar-refractivity contribution < 1.29 is 14.5 Å². The highest BCUT2D eigenvalue weighted by Crippen LogP contribution is 2.41. The van der Waals surface area contributed by atoms with E-state index in [4.69, 9.17) is 0 Å². The molecule has 1 aromatic heterocycles. The maximum atomic E-state index is 13.5. The normalized spacial score (nSPS) is 14.4. The Hall–Kier alpha value is -5.25. The number of hydrogen-bond donors (Lipinski definition) is 3. The molecule has 0 unspecified atom stereocenters. The number of nitro groups is 1. The zero-order chi connectivity index (χ0) is 25.9. The van der Waals surface area contributed by atoms with Gasteiger partial charge in [-0.25, -0.2) is 4.68 Å². The molecule has 0 radical (unpaired) electrons. The molecule has 1 aliphatic rings. The molecule has 0 bridgehead atoms. The molecule has 5 rings (SSSR count). The Kier molecular flexibility index (Phi) is 6.21. The van der Waals surface area contributed by atoms with Crippen molar-refractivity contribution in [3.05, 3.63) is 124 Å². The fourth-order valence-corrected chi connectivity index (χ4v) is 4.33. The van der Waals surface area contributed by atoms with Gasteiger partial charge in [0.2, 0.25) is 0 Å². The summed E-state index contributed by atoms with van der Waals surface area (Å²) in [6.45, 7) is 1.69. The first-order chi connectivity index (χ1) is 17.9. The molecule has 1 atom stereocenters. The second-order valence-corrected chi connectivity index (χ2v) is 8.37. The van der Waals surface area contributed by atoms with E-state index in [-0.39, 0.29) is 22.4 Å². The Morgan fingerprint density at radius 3 is 2.08 bits per heavy atom. The number of carbonyl (C=O) groups excluding carboxylic acids is 2. The molecule has 2 heterocycles. The van der Waals surface area contributed by atoms with E-state index in [2.05, 4.69) is 21.0 Å². The topological polar surface area (TPSA) is 131 Å². The highest BCUT2D eigenvalue weighted by Gasteiger charge is 2.38. The third kappa shape index (κ3) is 4.55. The number of hydrogen-bond acceptors (Lipinski definition) is 6. The first-order valence-corrected chi connectivity index (χ1v) is 11.5. The van der Waals surface area contributed by atoms with Crippen molar-refractivity contribution in [2.75, 3.05) is 16.0 Å². The molecule has 10 heteroatoms. The monoisotopic (exact) mass is 494 g/mol. The lowest BCUT2D eigenvalue weighted by Crippen LogP contribution is -2.32. The lowest BCUT2D eigenvalue weighted by molar-refractivity contribution is -0.385. The Balaban J connectivity index is 1.60. The molecular formula is C27H22N6O4. The van der Waals surface area contributed by atoms with E-state index >= 15 is 0 Å². The maximum absolute atomic E-state index is 13.5. The highest BCUT2D eigenvalue weighted by molar-refractivity contribution is 6.09. The van der Waals surface area contributed by atoms with E-state index in [0.29, 0.717) is 22.9 Å². The van der Waals surface area contributed by atoms with Crippen LogP contribution in [0.25, 0.3) is 0 Å². The van der Waals surface area contributed by atoms with Gasteiger partial charge < -0.3 is 16.0 Å². The summed E-state index contributed by atoms with van der Waals surface area (Å²) in [5.74, 6) is -0.535. The second-order valence-electron chi connectivity index (χ2n) is 8.37. The van der Waals surface area contributed by atoms with Gasteiger partial charge in [0.25, 0.3) is 17.5 Å². The number of aromatic nitrogens is 2. The zero-order valence-corrected chi connectivity index (χ0v) is 19.7. The van der Waals surface area contributed by atoms with Crippen LogP contribution >= 0.6 is 0 Å². The lowest BCUT2D eigenvalue weighted by atomic mass is 9.93. The van der Waals surface area contributed by atoms with Gasteiger partial charge in [-0.3, -0.25) is 19.7 Å².